The normalized spacial score (nSPS) is 12.0. The molecule has 24 heavy (non-hydrogen) atoms. The molecule has 0 fully saturated rings. The molecule has 2 aromatic carbocycles. The molecule has 3 heteroatoms. The summed E-state index contributed by atoms with van der Waals surface area (Å²) in [5, 5.41) is 12.0. The van der Waals surface area contributed by atoms with Gasteiger partial charge in [-0.2, -0.15) is 5.26 Å². The van der Waals surface area contributed by atoms with E-state index in [1.54, 1.807) is 24.3 Å². The van der Waals surface area contributed by atoms with E-state index in [1.807, 2.05) is 0 Å². The van der Waals surface area contributed by atoms with Crippen LogP contribution in [-0.2, 0) is 0 Å². The quantitative estimate of drug-likeness (QED) is 0.859. The van der Waals surface area contributed by atoms with Crippen molar-refractivity contribution in [2.75, 3.05) is 0 Å². The molecule has 2 aromatic rings. The number of nitrogens with one attached hydrogen (secondary N) is 1. The topological polar surface area (TPSA) is 52.9 Å². The van der Waals surface area contributed by atoms with Gasteiger partial charge in [-0.3, -0.25) is 4.79 Å². The van der Waals surface area contributed by atoms with Crippen molar-refractivity contribution in [3.63, 3.8) is 0 Å². The SMILES string of the molecule is CC(C)c1ccc([C@@H](NC(=O)c2ccc(C#N)cc2)C(C)C)cc1. The molecular weight excluding hydrogens is 296 g/mol. The smallest absolute Gasteiger partial charge is 0.251 e. The molecule has 0 aliphatic rings. The van der Waals surface area contributed by atoms with Gasteiger partial charge in [0.2, 0.25) is 0 Å². The van der Waals surface area contributed by atoms with E-state index in [2.05, 4.69) is 63.3 Å². The van der Waals surface area contributed by atoms with Crippen LogP contribution in [0.1, 0.15) is 66.7 Å². The second-order valence-corrected chi connectivity index (χ2v) is 6.71. The first-order chi connectivity index (χ1) is 11.4. The van der Waals surface area contributed by atoms with Crippen molar-refractivity contribution >= 4 is 5.91 Å². The second-order valence-electron chi connectivity index (χ2n) is 6.71. The van der Waals surface area contributed by atoms with E-state index in [0.717, 1.165) is 5.56 Å². The average Bonchev–Trinajstić information content (AvgIpc) is 2.59. The van der Waals surface area contributed by atoms with E-state index in [9.17, 15) is 4.79 Å². The highest BCUT2D eigenvalue weighted by molar-refractivity contribution is 5.94. The molecule has 3 nitrogen and oxygen atoms in total. The minimum absolute atomic E-state index is 0.0469. The molecule has 1 atom stereocenters. The van der Waals surface area contributed by atoms with Crippen molar-refractivity contribution in [1.82, 2.24) is 5.32 Å². The maximum atomic E-state index is 12.5. The fourth-order valence-electron chi connectivity index (χ4n) is 2.64. The number of nitrogens with zero attached hydrogens (tertiary/aromatic N) is 1. The first-order valence-corrected chi connectivity index (χ1v) is 8.33. The third-order valence-corrected chi connectivity index (χ3v) is 4.19. The molecular formula is C21H24N2O. The lowest BCUT2D eigenvalue weighted by Gasteiger charge is -2.23. The molecule has 0 saturated carbocycles. The van der Waals surface area contributed by atoms with E-state index in [4.69, 9.17) is 5.26 Å². The monoisotopic (exact) mass is 320 g/mol. The van der Waals surface area contributed by atoms with Gasteiger partial charge in [0.15, 0.2) is 0 Å². The van der Waals surface area contributed by atoms with Gasteiger partial charge in [0.05, 0.1) is 17.7 Å². The van der Waals surface area contributed by atoms with Crippen LogP contribution in [0.5, 0.6) is 0 Å². The van der Waals surface area contributed by atoms with E-state index >= 15 is 0 Å². The van der Waals surface area contributed by atoms with Crippen LogP contribution in [0.25, 0.3) is 0 Å². The van der Waals surface area contributed by atoms with Crippen LogP contribution in [0.2, 0.25) is 0 Å². The number of hydrogen-bond donors (Lipinski definition) is 1. The van der Waals surface area contributed by atoms with Crippen molar-refractivity contribution < 1.29 is 4.79 Å². The fraction of sp³-hybridized carbons (Fsp3) is 0.333. The van der Waals surface area contributed by atoms with Gasteiger partial charge in [0.1, 0.15) is 0 Å². The standard InChI is InChI=1S/C21H24N2O/c1-14(2)17-9-11-18(12-10-17)20(15(3)4)23-21(24)19-7-5-16(13-22)6-8-19/h5-12,14-15,20H,1-4H3,(H,23,24)/t20-/m0/s1. The van der Waals surface area contributed by atoms with Crippen LogP contribution in [0, 0.1) is 17.2 Å². The molecule has 0 radical (unpaired) electrons. The van der Waals surface area contributed by atoms with E-state index in [0.29, 0.717) is 17.0 Å². The van der Waals surface area contributed by atoms with Crippen molar-refractivity contribution in [1.29, 1.82) is 5.26 Å². The number of benzene rings is 2. The summed E-state index contributed by atoms with van der Waals surface area (Å²) in [6.07, 6.45) is 0. The zero-order chi connectivity index (χ0) is 17.7. The fourth-order valence-corrected chi connectivity index (χ4v) is 2.64. The molecule has 1 amide bonds. The van der Waals surface area contributed by atoms with Crippen molar-refractivity contribution in [2.45, 2.75) is 39.7 Å². The predicted molar refractivity (Wildman–Crippen MR) is 96.7 cm³/mol. The van der Waals surface area contributed by atoms with Crippen LogP contribution < -0.4 is 5.32 Å². The van der Waals surface area contributed by atoms with Gasteiger partial charge < -0.3 is 5.32 Å². The predicted octanol–water partition coefficient (Wildman–Crippen LogP) is 4.81. The summed E-state index contributed by atoms with van der Waals surface area (Å²) < 4.78 is 0. The lowest BCUT2D eigenvalue weighted by molar-refractivity contribution is 0.0925. The van der Waals surface area contributed by atoms with Gasteiger partial charge in [-0.1, -0.05) is 52.0 Å². The van der Waals surface area contributed by atoms with Crippen molar-refractivity contribution in [2.24, 2.45) is 5.92 Å². The molecule has 1 N–H and O–H groups in total. The van der Waals surface area contributed by atoms with Crippen molar-refractivity contribution in [3.05, 3.63) is 70.8 Å². The number of amides is 1. The minimum atomic E-state index is -0.119. The third-order valence-electron chi connectivity index (χ3n) is 4.19. The largest absolute Gasteiger partial charge is 0.345 e. The molecule has 0 saturated heterocycles. The Labute approximate surface area is 144 Å². The van der Waals surface area contributed by atoms with Gasteiger partial charge in [-0.25, -0.2) is 0 Å². The van der Waals surface area contributed by atoms with Gasteiger partial charge in [0.25, 0.3) is 5.91 Å². The van der Waals surface area contributed by atoms with Crippen LogP contribution in [0.15, 0.2) is 48.5 Å². The molecule has 0 heterocycles. The highest BCUT2D eigenvalue weighted by Gasteiger charge is 2.19. The lowest BCUT2D eigenvalue weighted by Crippen LogP contribution is -2.31. The molecule has 0 aromatic heterocycles. The molecule has 0 unspecified atom stereocenters. The molecule has 0 aliphatic heterocycles. The van der Waals surface area contributed by atoms with Crippen LogP contribution in [-0.4, -0.2) is 5.91 Å². The molecule has 124 valence electrons. The zero-order valence-corrected chi connectivity index (χ0v) is 14.7. The average molecular weight is 320 g/mol. The Morgan fingerprint density at radius 2 is 1.46 bits per heavy atom. The lowest BCUT2D eigenvalue weighted by atomic mass is 9.93. The summed E-state index contributed by atoms with van der Waals surface area (Å²) in [4.78, 5) is 12.5. The first kappa shape index (κ1) is 17.7. The number of hydrogen-bond acceptors (Lipinski definition) is 2. The number of carbonyl (C=O) groups excluding carboxylic acids is 1. The molecule has 2 rings (SSSR count). The Morgan fingerprint density at radius 1 is 0.917 bits per heavy atom. The molecule has 0 spiro atoms. The number of rotatable bonds is 5. The highest BCUT2D eigenvalue weighted by atomic mass is 16.1. The minimum Gasteiger partial charge on any atom is -0.345 e. The summed E-state index contributed by atoms with van der Waals surface area (Å²) in [5.74, 6) is 0.646. The van der Waals surface area contributed by atoms with Gasteiger partial charge >= 0.3 is 0 Å². The van der Waals surface area contributed by atoms with E-state index < -0.39 is 0 Å². The van der Waals surface area contributed by atoms with Crippen molar-refractivity contribution in [3.8, 4) is 6.07 Å². The Morgan fingerprint density at radius 3 is 1.92 bits per heavy atom. The summed E-state index contributed by atoms with van der Waals surface area (Å²) >= 11 is 0. The Kier molecular flexibility index (Phi) is 5.76. The summed E-state index contributed by atoms with van der Waals surface area (Å²) in [5.41, 5.74) is 3.52. The summed E-state index contributed by atoms with van der Waals surface area (Å²) in [6, 6.07) is 17.2. The van der Waals surface area contributed by atoms with E-state index in [-0.39, 0.29) is 17.9 Å². The Bertz CT molecular complexity index is 722. The first-order valence-electron chi connectivity index (χ1n) is 8.33. The summed E-state index contributed by atoms with van der Waals surface area (Å²) in [7, 11) is 0. The maximum absolute atomic E-state index is 12.5. The third kappa shape index (κ3) is 4.23. The second kappa shape index (κ2) is 7.79. The Balaban J connectivity index is 2.18. The molecule has 0 aliphatic carbocycles. The highest BCUT2D eigenvalue weighted by Crippen LogP contribution is 2.24. The number of nitriles is 1. The van der Waals surface area contributed by atoms with Gasteiger partial charge in [0, 0.05) is 5.56 Å². The van der Waals surface area contributed by atoms with Crippen LogP contribution in [0.4, 0.5) is 0 Å². The van der Waals surface area contributed by atoms with Crippen LogP contribution >= 0.6 is 0 Å². The molecule has 0 bridgehead atoms. The zero-order valence-electron chi connectivity index (χ0n) is 14.7. The Hall–Kier alpha value is -2.60. The van der Waals surface area contributed by atoms with Crippen LogP contribution in [0.3, 0.4) is 0 Å². The van der Waals surface area contributed by atoms with Gasteiger partial charge in [-0.15, -0.1) is 0 Å². The summed E-state index contributed by atoms with van der Waals surface area (Å²) in [6.45, 7) is 8.53. The number of carbonyl (C=O) groups is 1. The van der Waals surface area contributed by atoms with E-state index in [1.165, 1.54) is 5.56 Å². The van der Waals surface area contributed by atoms with Gasteiger partial charge in [-0.05, 0) is 47.2 Å². The maximum Gasteiger partial charge on any atom is 0.251 e.